The van der Waals surface area contributed by atoms with Crippen molar-refractivity contribution in [2.45, 2.75) is 18.8 Å². The maximum absolute atomic E-state index is 6.38. The van der Waals surface area contributed by atoms with Crippen LogP contribution in [-0.4, -0.2) is 0 Å². The van der Waals surface area contributed by atoms with Crippen LogP contribution in [0.4, 0.5) is 0 Å². The smallest absolute Gasteiger partial charge is 0.135 e. The number of fused-ring (bicyclic) bond motifs is 3. The van der Waals surface area contributed by atoms with Gasteiger partial charge in [-0.3, -0.25) is 0 Å². The number of allylic oxidation sites excluding steroid dienone is 1. The third kappa shape index (κ3) is 1.81. The van der Waals surface area contributed by atoms with Crippen molar-refractivity contribution in [2.75, 3.05) is 0 Å². The second-order valence-electron chi connectivity index (χ2n) is 6.58. The fourth-order valence-corrected chi connectivity index (χ4v) is 4.19. The number of benzene rings is 3. The topological polar surface area (TPSA) is 9.23 Å². The minimum absolute atomic E-state index is 0.258. The average Bonchev–Trinajstić information content (AvgIpc) is 2.93. The van der Waals surface area contributed by atoms with Crippen molar-refractivity contribution >= 4 is 5.76 Å². The molecule has 1 heterocycles. The van der Waals surface area contributed by atoms with Gasteiger partial charge >= 0.3 is 0 Å². The van der Waals surface area contributed by atoms with E-state index in [2.05, 4.69) is 85.8 Å². The molecule has 5 rings (SSSR count). The Morgan fingerprint density at radius 1 is 0.708 bits per heavy atom. The van der Waals surface area contributed by atoms with Crippen LogP contribution >= 0.6 is 0 Å². The van der Waals surface area contributed by atoms with Crippen molar-refractivity contribution in [1.82, 2.24) is 0 Å². The van der Waals surface area contributed by atoms with Gasteiger partial charge in [-0.15, -0.1) is 0 Å². The Morgan fingerprint density at radius 3 is 2.21 bits per heavy atom. The maximum atomic E-state index is 6.38. The fraction of sp³-hybridized carbons (Fsp3) is 0.130. The highest BCUT2D eigenvalue weighted by molar-refractivity contribution is 5.80. The van der Waals surface area contributed by atoms with Gasteiger partial charge in [0.2, 0.25) is 0 Å². The van der Waals surface area contributed by atoms with Crippen LogP contribution in [-0.2, 0) is 0 Å². The predicted octanol–water partition coefficient (Wildman–Crippen LogP) is 5.74. The van der Waals surface area contributed by atoms with E-state index in [1.165, 1.54) is 27.8 Å². The molecular weight excluding hydrogens is 292 g/mol. The second-order valence-corrected chi connectivity index (χ2v) is 6.58. The molecule has 0 saturated carbocycles. The van der Waals surface area contributed by atoms with Crippen LogP contribution in [0.25, 0.3) is 5.76 Å². The molecule has 2 atom stereocenters. The molecule has 0 N–H and O–H groups in total. The molecule has 0 saturated heterocycles. The van der Waals surface area contributed by atoms with E-state index in [0.29, 0.717) is 5.92 Å². The molecule has 116 valence electrons. The molecular formula is C23H18O. The summed E-state index contributed by atoms with van der Waals surface area (Å²) in [5, 5.41) is 0. The lowest BCUT2D eigenvalue weighted by molar-refractivity contribution is 0.483. The van der Waals surface area contributed by atoms with Gasteiger partial charge in [-0.2, -0.15) is 0 Å². The van der Waals surface area contributed by atoms with Crippen LogP contribution in [0.15, 0.2) is 84.4 Å². The lowest BCUT2D eigenvalue weighted by Crippen LogP contribution is -2.15. The normalized spacial score (nSPS) is 20.9. The van der Waals surface area contributed by atoms with E-state index in [4.69, 9.17) is 4.74 Å². The Kier molecular flexibility index (Phi) is 2.90. The molecule has 0 bridgehead atoms. The van der Waals surface area contributed by atoms with Crippen molar-refractivity contribution < 1.29 is 4.74 Å². The second kappa shape index (κ2) is 5.10. The van der Waals surface area contributed by atoms with Crippen LogP contribution in [0.2, 0.25) is 0 Å². The monoisotopic (exact) mass is 310 g/mol. The highest BCUT2D eigenvalue weighted by atomic mass is 16.5. The van der Waals surface area contributed by atoms with Gasteiger partial charge in [-0.05, 0) is 22.8 Å². The van der Waals surface area contributed by atoms with E-state index in [0.717, 1.165) is 11.5 Å². The van der Waals surface area contributed by atoms with Gasteiger partial charge < -0.3 is 4.74 Å². The first-order valence-corrected chi connectivity index (χ1v) is 8.49. The summed E-state index contributed by atoms with van der Waals surface area (Å²) in [6.45, 7) is 2.30. The number of para-hydroxylation sites is 1. The molecule has 1 nitrogen and oxygen atoms in total. The fourth-order valence-electron chi connectivity index (χ4n) is 4.19. The quantitative estimate of drug-likeness (QED) is 0.557. The first kappa shape index (κ1) is 13.6. The van der Waals surface area contributed by atoms with E-state index in [1.807, 2.05) is 0 Å². The van der Waals surface area contributed by atoms with Crippen LogP contribution in [0, 0.1) is 0 Å². The van der Waals surface area contributed by atoms with Crippen molar-refractivity contribution in [1.29, 1.82) is 0 Å². The standard InChI is InChI=1S/C23H18O/c1-15-17-11-5-6-12-18(17)23-21(15)22(16-9-3-2-4-10-16)19-13-7-8-14-20(19)24-23/h2-15,22H,1H3/t15-,22-/m1/s1. The van der Waals surface area contributed by atoms with Gasteiger partial charge in [0.15, 0.2) is 0 Å². The predicted molar refractivity (Wildman–Crippen MR) is 97.1 cm³/mol. The largest absolute Gasteiger partial charge is 0.456 e. The highest BCUT2D eigenvalue weighted by Crippen LogP contribution is 2.54. The van der Waals surface area contributed by atoms with Crippen molar-refractivity contribution in [3.8, 4) is 5.75 Å². The zero-order valence-electron chi connectivity index (χ0n) is 13.6. The Morgan fingerprint density at radius 2 is 1.38 bits per heavy atom. The Bertz CT molecular complexity index is 953. The van der Waals surface area contributed by atoms with Gasteiger partial charge in [-0.1, -0.05) is 79.7 Å². The van der Waals surface area contributed by atoms with Crippen LogP contribution in [0.5, 0.6) is 5.75 Å². The number of ether oxygens (including phenoxy) is 1. The molecule has 2 aliphatic rings. The summed E-state index contributed by atoms with van der Waals surface area (Å²) in [5.41, 5.74) is 6.61. The first-order valence-electron chi connectivity index (χ1n) is 8.49. The average molecular weight is 310 g/mol. The third-order valence-electron chi connectivity index (χ3n) is 5.29. The lowest BCUT2D eigenvalue weighted by Gasteiger charge is -2.30. The summed E-state index contributed by atoms with van der Waals surface area (Å²) in [4.78, 5) is 0. The Balaban J connectivity index is 1.78. The minimum Gasteiger partial charge on any atom is -0.456 e. The van der Waals surface area contributed by atoms with E-state index < -0.39 is 0 Å². The minimum atomic E-state index is 0.258. The van der Waals surface area contributed by atoms with E-state index >= 15 is 0 Å². The SMILES string of the molecule is C[C@H]1C2=C(Oc3ccccc3[C@H]2c2ccccc2)c2ccccc21. The summed E-state index contributed by atoms with van der Waals surface area (Å²) >= 11 is 0. The van der Waals surface area contributed by atoms with Gasteiger partial charge in [0.25, 0.3) is 0 Å². The molecule has 1 aliphatic heterocycles. The molecule has 24 heavy (non-hydrogen) atoms. The summed E-state index contributed by atoms with van der Waals surface area (Å²) in [6.07, 6.45) is 0. The Labute approximate surface area is 142 Å². The van der Waals surface area contributed by atoms with Gasteiger partial charge in [0.05, 0.1) is 0 Å². The molecule has 1 heteroatoms. The molecule has 0 unspecified atom stereocenters. The molecule has 1 aliphatic carbocycles. The van der Waals surface area contributed by atoms with Gasteiger partial charge in [-0.25, -0.2) is 0 Å². The van der Waals surface area contributed by atoms with Crippen LogP contribution in [0.1, 0.15) is 41.0 Å². The summed E-state index contributed by atoms with van der Waals surface area (Å²) in [6, 6.07) is 27.9. The Hall–Kier alpha value is -2.80. The molecule has 3 aromatic rings. The summed E-state index contributed by atoms with van der Waals surface area (Å²) in [7, 11) is 0. The number of rotatable bonds is 1. The third-order valence-corrected chi connectivity index (χ3v) is 5.29. The zero-order chi connectivity index (χ0) is 16.1. The number of hydrogen-bond donors (Lipinski definition) is 0. The summed E-state index contributed by atoms with van der Waals surface area (Å²) in [5.74, 6) is 2.67. The van der Waals surface area contributed by atoms with Crippen LogP contribution < -0.4 is 4.74 Å². The molecule has 3 aromatic carbocycles. The molecule has 0 fully saturated rings. The highest BCUT2D eigenvalue weighted by Gasteiger charge is 2.39. The van der Waals surface area contributed by atoms with Gasteiger partial charge in [0.1, 0.15) is 11.5 Å². The number of hydrogen-bond acceptors (Lipinski definition) is 1. The van der Waals surface area contributed by atoms with Gasteiger partial charge in [0, 0.05) is 23.0 Å². The van der Waals surface area contributed by atoms with E-state index in [1.54, 1.807) is 0 Å². The zero-order valence-corrected chi connectivity index (χ0v) is 13.6. The first-order chi connectivity index (χ1) is 11.8. The maximum Gasteiger partial charge on any atom is 0.135 e. The van der Waals surface area contributed by atoms with E-state index in [9.17, 15) is 0 Å². The summed E-state index contributed by atoms with van der Waals surface area (Å²) < 4.78 is 6.38. The molecule has 0 amide bonds. The molecule has 0 spiro atoms. The van der Waals surface area contributed by atoms with Crippen molar-refractivity contribution in [3.05, 3.63) is 107 Å². The lowest BCUT2D eigenvalue weighted by atomic mass is 9.78. The van der Waals surface area contributed by atoms with Crippen LogP contribution in [0.3, 0.4) is 0 Å². The molecule has 0 aromatic heterocycles. The molecule has 0 radical (unpaired) electrons. The van der Waals surface area contributed by atoms with Crippen molar-refractivity contribution in [3.63, 3.8) is 0 Å². The van der Waals surface area contributed by atoms with Crippen molar-refractivity contribution in [2.24, 2.45) is 0 Å². The van der Waals surface area contributed by atoms with E-state index in [-0.39, 0.29) is 5.92 Å².